The summed E-state index contributed by atoms with van der Waals surface area (Å²) >= 11 is 1.81. The molecule has 1 aliphatic carbocycles. The number of hydrogen-bond donors (Lipinski definition) is 1. The predicted octanol–water partition coefficient (Wildman–Crippen LogP) is 3.24. The quantitative estimate of drug-likeness (QED) is 0.918. The molecule has 2 aromatic rings. The van der Waals surface area contributed by atoms with Gasteiger partial charge in [0.1, 0.15) is 5.01 Å². The van der Waals surface area contributed by atoms with E-state index in [1.807, 2.05) is 11.3 Å². The van der Waals surface area contributed by atoms with Crippen molar-refractivity contribution in [1.29, 1.82) is 0 Å². The van der Waals surface area contributed by atoms with Gasteiger partial charge in [-0.1, -0.05) is 31.2 Å². The highest BCUT2D eigenvalue weighted by atomic mass is 32.1. The van der Waals surface area contributed by atoms with Gasteiger partial charge >= 0.3 is 0 Å². The minimum Gasteiger partial charge on any atom is -0.318 e. The van der Waals surface area contributed by atoms with Gasteiger partial charge in [0, 0.05) is 4.88 Å². The van der Waals surface area contributed by atoms with Crippen LogP contribution in [0.4, 0.5) is 0 Å². The third-order valence-electron chi connectivity index (χ3n) is 3.65. The lowest BCUT2D eigenvalue weighted by molar-refractivity contribution is 0.820. The van der Waals surface area contributed by atoms with Crippen LogP contribution in [0.25, 0.3) is 0 Å². The number of nitrogens with zero attached hydrogens (tertiary/aromatic N) is 1. The second-order valence-corrected chi connectivity index (χ2v) is 5.92. The van der Waals surface area contributed by atoms with Crippen molar-refractivity contribution in [1.82, 2.24) is 4.98 Å². The number of aryl methyl sites for hydroxylation is 3. The van der Waals surface area contributed by atoms with E-state index < -0.39 is 0 Å². The van der Waals surface area contributed by atoms with E-state index in [0.29, 0.717) is 0 Å². The number of benzene rings is 1. The van der Waals surface area contributed by atoms with E-state index in [1.54, 1.807) is 0 Å². The third kappa shape index (κ3) is 1.98. The molecule has 1 heterocycles. The summed E-state index contributed by atoms with van der Waals surface area (Å²) in [5.41, 5.74) is 10.3. The first-order valence-electron chi connectivity index (χ1n) is 6.61. The van der Waals surface area contributed by atoms with Crippen LogP contribution in [0.15, 0.2) is 24.3 Å². The van der Waals surface area contributed by atoms with E-state index >= 15 is 0 Å². The van der Waals surface area contributed by atoms with Gasteiger partial charge in [0.05, 0.1) is 11.7 Å². The molecule has 1 aromatic heterocycles. The van der Waals surface area contributed by atoms with Gasteiger partial charge in [-0.05, 0) is 36.8 Å². The van der Waals surface area contributed by atoms with Crippen molar-refractivity contribution >= 4 is 11.3 Å². The number of aromatic nitrogens is 1. The number of rotatable bonds is 3. The van der Waals surface area contributed by atoms with E-state index in [1.165, 1.54) is 34.5 Å². The Morgan fingerprint density at radius 3 is 2.94 bits per heavy atom. The van der Waals surface area contributed by atoms with Gasteiger partial charge in [-0.15, -0.1) is 11.3 Å². The summed E-state index contributed by atoms with van der Waals surface area (Å²) in [6.07, 6.45) is 4.60. The third-order valence-corrected chi connectivity index (χ3v) is 4.89. The number of nitrogens with two attached hydrogens (primary N) is 1. The molecule has 0 fully saturated rings. The zero-order valence-corrected chi connectivity index (χ0v) is 11.5. The molecule has 0 saturated carbocycles. The Balaban J connectivity index is 1.95. The van der Waals surface area contributed by atoms with Gasteiger partial charge in [-0.2, -0.15) is 0 Å². The molecule has 1 aliphatic rings. The molecule has 94 valence electrons. The predicted molar refractivity (Wildman–Crippen MR) is 76.0 cm³/mol. The van der Waals surface area contributed by atoms with Gasteiger partial charge in [-0.25, -0.2) is 4.98 Å². The molecule has 3 heteroatoms. The maximum absolute atomic E-state index is 6.40. The lowest BCUT2D eigenvalue weighted by Crippen LogP contribution is -2.13. The van der Waals surface area contributed by atoms with Crippen molar-refractivity contribution in [3.8, 4) is 0 Å². The molecule has 1 aromatic carbocycles. The van der Waals surface area contributed by atoms with Gasteiger partial charge in [0.25, 0.3) is 0 Å². The smallest absolute Gasteiger partial charge is 0.114 e. The number of thiazole rings is 1. The molecule has 1 atom stereocenters. The van der Waals surface area contributed by atoms with Crippen molar-refractivity contribution in [2.75, 3.05) is 0 Å². The van der Waals surface area contributed by atoms with Crippen LogP contribution in [0.5, 0.6) is 0 Å². The highest BCUT2D eigenvalue weighted by Gasteiger charge is 2.21. The molecule has 0 aliphatic heterocycles. The summed E-state index contributed by atoms with van der Waals surface area (Å²) in [5.74, 6) is 0. The fraction of sp³-hybridized carbons (Fsp3) is 0.400. The lowest BCUT2D eigenvalue weighted by Gasteiger charge is -2.13. The average Bonchev–Trinajstić information content (AvgIpc) is 2.98. The SMILES string of the molecule is CCc1ccccc1C(N)c1nc2c(s1)CCC2. The summed E-state index contributed by atoms with van der Waals surface area (Å²) in [4.78, 5) is 6.19. The molecule has 0 radical (unpaired) electrons. The fourth-order valence-corrected chi connectivity index (χ4v) is 3.81. The Morgan fingerprint density at radius 1 is 1.33 bits per heavy atom. The Bertz CT molecular complexity index is 538. The van der Waals surface area contributed by atoms with Gasteiger partial charge in [-0.3, -0.25) is 0 Å². The standard InChI is InChI=1S/C15H18N2S/c1-2-10-6-3-4-7-11(10)14(16)15-17-12-8-5-9-13(12)18-15/h3-4,6-7,14H,2,5,8-9,16H2,1H3. The van der Waals surface area contributed by atoms with Crippen LogP contribution in [0.2, 0.25) is 0 Å². The Hall–Kier alpha value is -1.19. The Morgan fingerprint density at radius 2 is 2.17 bits per heavy atom. The molecule has 0 spiro atoms. The maximum Gasteiger partial charge on any atom is 0.114 e. The average molecular weight is 258 g/mol. The summed E-state index contributed by atoms with van der Waals surface area (Å²) in [6.45, 7) is 2.17. The van der Waals surface area contributed by atoms with Crippen molar-refractivity contribution < 1.29 is 0 Å². The fourth-order valence-electron chi connectivity index (χ4n) is 2.64. The van der Waals surface area contributed by atoms with E-state index in [4.69, 9.17) is 10.7 Å². The first kappa shape index (κ1) is 11.9. The molecule has 1 unspecified atom stereocenters. The van der Waals surface area contributed by atoms with Crippen molar-refractivity contribution in [3.05, 3.63) is 51.0 Å². The highest BCUT2D eigenvalue weighted by molar-refractivity contribution is 7.11. The van der Waals surface area contributed by atoms with Gasteiger partial charge in [0.2, 0.25) is 0 Å². The van der Waals surface area contributed by atoms with E-state index in [0.717, 1.165) is 17.8 Å². The maximum atomic E-state index is 6.40. The van der Waals surface area contributed by atoms with Crippen LogP contribution in [-0.4, -0.2) is 4.98 Å². The zero-order chi connectivity index (χ0) is 12.5. The molecular weight excluding hydrogens is 240 g/mol. The largest absolute Gasteiger partial charge is 0.318 e. The second kappa shape index (κ2) is 4.82. The van der Waals surface area contributed by atoms with Crippen LogP contribution in [0.1, 0.15) is 46.1 Å². The van der Waals surface area contributed by atoms with E-state index in [-0.39, 0.29) is 6.04 Å². The van der Waals surface area contributed by atoms with Gasteiger partial charge < -0.3 is 5.73 Å². The molecule has 0 amide bonds. The van der Waals surface area contributed by atoms with Crippen LogP contribution in [0.3, 0.4) is 0 Å². The van der Waals surface area contributed by atoms with Crippen LogP contribution in [0, 0.1) is 0 Å². The monoisotopic (exact) mass is 258 g/mol. The van der Waals surface area contributed by atoms with E-state index in [9.17, 15) is 0 Å². The number of fused-ring (bicyclic) bond motifs is 1. The molecule has 2 N–H and O–H groups in total. The number of hydrogen-bond acceptors (Lipinski definition) is 3. The lowest BCUT2D eigenvalue weighted by atomic mass is 9.99. The first-order chi connectivity index (χ1) is 8.79. The van der Waals surface area contributed by atoms with Crippen molar-refractivity contribution in [2.45, 2.75) is 38.6 Å². The van der Waals surface area contributed by atoms with Gasteiger partial charge in [0.15, 0.2) is 0 Å². The summed E-state index contributed by atoms with van der Waals surface area (Å²) in [6, 6.07) is 8.38. The molecule has 18 heavy (non-hydrogen) atoms. The summed E-state index contributed by atoms with van der Waals surface area (Å²) in [7, 11) is 0. The van der Waals surface area contributed by atoms with E-state index in [2.05, 4.69) is 31.2 Å². The Labute approximate surface area is 112 Å². The summed E-state index contributed by atoms with van der Waals surface area (Å²) in [5, 5.41) is 1.08. The minimum atomic E-state index is -0.0586. The molecule has 3 rings (SSSR count). The molecular formula is C15H18N2S. The Kier molecular flexibility index (Phi) is 3.18. The normalized spacial score (nSPS) is 15.7. The second-order valence-electron chi connectivity index (χ2n) is 4.81. The first-order valence-corrected chi connectivity index (χ1v) is 7.43. The molecule has 2 nitrogen and oxygen atoms in total. The molecule has 0 bridgehead atoms. The van der Waals surface area contributed by atoms with Crippen LogP contribution in [-0.2, 0) is 19.3 Å². The topological polar surface area (TPSA) is 38.9 Å². The minimum absolute atomic E-state index is 0.0586. The van der Waals surface area contributed by atoms with Crippen molar-refractivity contribution in [3.63, 3.8) is 0 Å². The van der Waals surface area contributed by atoms with Crippen LogP contribution < -0.4 is 5.73 Å². The zero-order valence-electron chi connectivity index (χ0n) is 10.6. The van der Waals surface area contributed by atoms with Crippen LogP contribution >= 0.6 is 11.3 Å². The summed E-state index contributed by atoms with van der Waals surface area (Å²) < 4.78 is 0. The highest BCUT2D eigenvalue weighted by Crippen LogP contribution is 2.33. The molecule has 0 saturated heterocycles. The van der Waals surface area contributed by atoms with Crippen molar-refractivity contribution in [2.24, 2.45) is 5.73 Å².